The number of phenolic OH excluding ortho intramolecular Hbond substituents is 1. The van der Waals surface area contributed by atoms with E-state index in [-0.39, 0.29) is 24.2 Å². The van der Waals surface area contributed by atoms with Gasteiger partial charge in [-0.25, -0.2) is 0 Å². The molecule has 0 radical (unpaired) electrons. The van der Waals surface area contributed by atoms with E-state index >= 15 is 0 Å². The smallest absolute Gasteiger partial charge is 0.313 e. The molecule has 0 aliphatic heterocycles. The molecule has 0 saturated carbocycles. The number of aromatic hydroxyl groups is 1. The van der Waals surface area contributed by atoms with Crippen LogP contribution in [0, 0.1) is 0 Å². The van der Waals surface area contributed by atoms with Crippen LogP contribution in [0.4, 0.5) is 0 Å². The first kappa shape index (κ1) is 13.3. The van der Waals surface area contributed by atoms with Gasteiger partial charge in [0.25, 0.3) is 0 Å². The number of hydrogen-bond acceptors (Lipinski definition) is 3. The van der Waals surface area contributed by atoms with Gasteiger partial charge in [-0.2, -0.15) is 0 Å². The molecule has 0 amide bonds. The number of carbonyl (C=O) groups is 1. The Bertz CT molecular complexity index is 368. The van der Waals surface area contributed by atoms with Gasteiger partial charge in [0.1, 0.15) is 12.4 Å². The van der Waals surface area contributed by atoms with Gasteiger partial charge in [0, 0.05) is 0 Å². The second kappa shape index (κ2) is 6.74. The predicted molar refractivity (Wildman–Crippen MR) is 66.9 cm³/mol. The van der Waals surface area contributed by atoms with E-state index in [0.29, 0.717) is 0 Å². The summed E-state index contributed by atoms with van der Waals surface area (Å²) in [5.74, 6) is -0.304. The third kappa shape index (κ3) is 3.94. The largest absolute Gasteiger partial charge is 0.508 e. The van der Waals surface area contributed by atoms with Gasteiger partial charge in [0.2, 0.25) is 0 Å². The zero-order chi connectivity index (χ0) is 12.7. The lowest BCUT2D eigenvalue weighted by atomic mass is 9.94. The van der Waals surface area contributed by atoms with Crippen molar-refractivity contribution >= 4 is 5.97 Å². The van der Waals surface area contributed by atoms with Crippen LogP contribution in [0.1, 0.15) is 31.2 Å². The second-order valence-corrected chi connectivity index (χ2v) is 3.85. The zero-order valence-electron chi connectivity index (χ0n) is 10.1. The fourth-order valence-corrected chi connectivity index (χ4v) is 1.66. The quantitative estimate of drug-likeness (QED) is 0.608. The van der Waals surface area contributed by atoms with Crippen LogP contribution in [0.5, 0.6) is 5.75 Å². The van der Waals surface area contributed by atoms with Crippen molar-refractivity contribution in [3.8, 4) is 5.75 Å². The lowest BCUT2D eigenvalue weighted by Gasteiger charge is -2.15. The molecule has 3 heteroatoms. The van der Waals surface area contributed by atoms with Gasteiger partial charge in [0.15, 0.2) is 0 Å². The van der Waals surface area contributed by atoms with Crippen molar-refractivity contribution in [1.82, 2.24) is 0 Å². The summed E-state index contributed by atoms with van der Waals surface area (Å²) in [6.45, 7) is 5.77. The Kier molecular flexibility index (Phi) is 5.27. The van der Waals surface area contributed by atoms with Crippen LogP contribution in [0.25, 0.3) is 0 Å². The zero-order valence-corrected chi connectivity index (χ0v) is 10.1. The number of benzene rings is 1. The van der Waals surface area contributed by atoms with E-state index in [0.717, 1.165) is 18.4 Å². The molecule has 0 spiro atoms. The van der Waals surface area contributed by atoms with Crippen molar-refractivity contribution in [3.63, 3.8) is 0 Å². The first-order valence-electron chi connectivity index (χ1n) is 5.75. The van der Waals surface area contributed by atoms with Gasteiger partial charge < -0.3 is 9.84 Å². The maximum absolute atomic E-state index is 11.8. The van der Waals surface area contributed by atoms with Crippen LogP contribution in [-0.2, 0) is 9.53 Å². The Balaban J connectivity index is 2.80. The fourth-order valence-electron chi connectivity index (χ4n) is 1.66. The van der Waals surface area contributed by atoms with Gasteiger partial charge in [-0.1, -0.05) is 38.1 Å². The Morgan fingerprint density at radius 2 is 2.12 bits per heavy atom. The summed E-state index contributed by atoms with van der Waals surface area (Å²) in [5.41, 5.74) is 0.874. The monoisotopic (exact) mass is 234 g/mol. The highest BCUT2D eigenvalue weighted by Gasteiger charge is 2.20. The summed E-state index contributed by atoms with van der Waals surface area (Å²) in [6, 6.07) is 6.67. The summed E-state index contributed by atoms with van der Waals surface area (Å²) in [5, 5.41) is 9.22. The third-order valence-corrected chi connectivity index (χ3v) is 2.50. The number of phenols is 1. The standard InChI is InChI=1S/C14H18O3/c1-3-5-13(14(16)17-10-4-2)11-6-8-12(15)9-7-11/h4,6-9,13,15H,2-3,5,10H2,1H3. The molecule has 1 unspecified atom stereocenters. The van der Waals surface area contributed by atoms with Gasteiger partial charge in [0.05, 0.1) is 5.92 Å². The average Bonchev–Trinajstić information content (AvgIpc) is 2.34. The van der Waals surface area contributed by atoms with Crippen molar-refractivity contribution < 1.29 is 14.6 Å². The molecular weight excluding hydrogens is 216 g/mol. The van der Waals surface area contributed by atoms with Crippen molar-refractivity contribution in [2.45, 2.75) is 25.7 Å². The molecule has 1 atom stereocenters. The van der Waals surface area contributed by atoms with E-state index in [2.05, 4.69) is 6.58 Å². The van der Waals surface area contributed by atoms with Crippen molar-refractivity contribution in [3.05, 3.63) is 42.5 Å². The normalized spacial score (nSPS) is 11.8. The first-order chi connectivity index (χ1) is 8.19. The number of rotatable bonds is 6. The minimum absolute atomic E-state index is 0.198. The molecule has 0 heterocycles. The van der Waals surface area contributed by atoms with Gasteiger partial charge in [-0.05, 0) is 24.1 Å². The first-order valence-corrected chi connectivity index (χ1v) is 5.75. The van der Waals surface area contributed by atoms with E-state index in [9.17, 15) is 9.90 Å². The number of esters is 1. The topological polar surface area (TPSA) is 46.5 Å². The molecule has 17 heavy (non-hydrogen) atoms. The van der Waals surface area contributed by atoms with Crippen LogP contribution >= 0.6 is 0 Å². The molecule has 1 aromatic rings. The molecule has 1 N–H and O–H groups in total. The molecule has 1 aromatic carbocycles. The maximum Gasteiger partial charge on any atom is 0.313 e. The molecule has 92 valence electrons. The van der Waals surface area contributed by atoms with Crippen molar-refractivity contribution in [2.24, 2.45) is 0 Å². The predicted octanol–water partition coefficient (Wildman–Crippen LogP) is 3.01. The van der Waals surface area contributed by atoms with E-state index < -0.39 is 0 Å². The number of ether oxygens (including phenoxy) is 1. The highest BCUT2D eigenvalue weighted by Crippen LogP contribution is 2.24. The van der Waals surface area contributed by atoms with E-state index in [4.69, 9.17) is 4.74 Å². The number of hydrogen-bond donors (Lipinski definition) is 1. The van der Waals surface area contributed by atoms with Crippen LogP contribution < -0.4 is 0 Å². The molecule has 1 rings (SSSR count). The molecule has 0 aromatic heterocycles. The van der Waals surface area contributed by atoms with Crippen LogP contribution in [0.15, 0.2) is 36.9 Å². The van der Waals surface area contributed by atoms with Gasteiger partial charge in [-0.3, -0.25) is 4.79 Å². The average molecular weight is 234 g/mol. The summed E-state index contributed by atoms with van der Waals surface area (Å²) in [6.07, 6.45) is 3.19. The summed E-state index contributed by atoms with van der Waals surface area (Å²) in [4.78, 5) is 11.8. The minimum atomic E-state index is -0.263. The van der Waals surface area contributed by atoms with Gasteiger partial charge in [-0.15, -0.1) is 0 Å². The second-order valence-electron chi connectivity index (χ2n) is 3.85. The maximum atomic E-state index is 11.8. The lowest BCUT2D eigenvalue weighted by molar-refractivity contribution is -0.144. The molecular formula is C14H18O3. The van der Waals surface area contributed by atoms with Gasteiger partial charge >= 0.3 is 5.97 Å². The Morgan fingerprint density at radius 3 is 2.65 bits per heavy atom. The molecule has 3 nitrogen and oxygen atoms in total. The fraction of sp³-hybridized carbons (Fsp3) is 0.357. The highest BCUT2D eigenvalue weighted by molar-refractivity contribution is 5.78. The minimum Gasteiger partial charge on any atom is -0.508 e. The molecule has 0 fully saturated rings. The summed E-state index contributed by atoms with van der Waals surface area (Å²) < 4.78 is 5.07. The van der Waals surface area contributed by atoms with Crippen molar-refractivity contribution in [2.75, 3.05) is 6.61 Å². The van der Waals surface area contributed by atoms with Crippen LogP contribution in [0.3, 0.4) is 0 Å². The molecule has 0 aliphatic rings. The Hall–Kier alpha value is -1.77. The molecule has 0 aliphatic carbocycles. The van der Waals surface area contributed by atoms with Crippen LogP contribution in [-0.4, -0.2) is 17.7 Å². The SMILES string of the molecule is C=CCOC(=O)C(CCC)c1ccc(O)cc1. The third-order valence-electron chi connectivity index (χ3n) is 2.50. The van der Waals surface area contributed by atoms with E-state index in [1.165, 1.54) is 0 Å². The Morgan fingerprint density at radius 1 is 1.47 bits per heavy atom. The Labute approximate surface area is 102 Å². The van der Waals surface area contributed by atoms with Crippen molar-refractivity contribution in [1.29, 1.82) is 0 Å². The van der Waals surface area contributed by atoms with E-state index in [1.807, 2.05) is 6.92 Å². The van der Waals surface area contributed by atoms with E-state index in [1.54, 1.807) is 30.3 Å². The highest BCUT2D eigenvalue weighted by atomic mass is 16.5. The molecule has 0 saturated heterocycles. The number of carbonyl (C=O) groups excluding carboxylic acids is 1. The van der Waals surface area contributed by atoms with Crippen LogP contribution in [0.2, 0.25) is 0 Å². The molecule has 0 bridgehead atoms. The summed E-state index contributed by atoms with van der Waals surface area (Å²) >= 11 is 0. The lowest BCUT2D eigenvalue weighted by Crippen LogP contribution is -2.16. The summed E-state index contributed by atoms with van der Waals surface area (Å²) in [7, 11) is 0.